The molecule has 3 aromatic rings. The SMILES string of the molecule is COc1ccc(C2C=C(c3ccccc3)Nc3ncnn32)cc1OC. The first-order valence-corrected chi connectivity index (χ1v) is 7.96. The third-order valence-electron chi connectivity index (χ3n) is 4.24. The number of hydrogen-bond donors (Lipinski definition) is 1. The smallest absolute Gasteiger partial charge is 0.226 e. The summed E-state index contributed by atoms with van der Waals surface area (Å²) in [7, 11) is 3.27. The molecule has 6 heteroatoms. The number of rotatable bonds is 4. The number of hydrogen-bond acceptors (Lipinski definition) is 5. The Hall–Kier alpha value is -3.28. The molecule has 0 fully saturated rings. The van der Waals surface area contributed by atoms with E-state index in [-0.39, 0.29) is 6.04 Å². The van der Waals surface area contributed by atoms with Gasteiger partial charge in [0, 0.05) is 5.70 Å². The first-order chi connectivity index (χ1) is 12.3. The zero-order valence-corrected chi connectivity index (χ0v) is 14.0. The maximum Gasteiger partial charge on any atom is 0.226 e. The van der Waals surface area contributed by atoms with E-state index in [1.807, 2.05) is 41.1 Å². The van der Waals surface area contributed by atoms with Crippen molar-refractivity contribution in [3.8, 4) is 11.5 Å². The molecule has 1 aliphatic rings. The monoisotopic (exact) mass is 334 g/mol. The Kier molecular flexibility index (Phi) is 3.85. The first kappa shape index (κ1) is 15.3. The zero-order chi connectivity index (χ0) is 17.2. The standard InChI is InChI=1S/C19H18N4O2/c1-24-17-9-8-14(10-18(17)25-2)16-11-15(13-6-4-3-5-7-13)22-19-20-12-21-23(16)19/h3-12,16H,1-2H3,(H,20,21,22). The topological polar surface area (TPSA) is 61.2 Å². The number of anilines is 1. The minimum absolute atomic E-state index is 0.0891. The molecule has 6 nitrogen and oxygen atoms in total. The number of allylic oxidation sites excluding steroid dienone is 1. The predicted molar refractivity (Wildman–Crippen MR) is 95.7 cm³/mol. The molecule has 1 N–H and O–H groups in total. The predicted octanol–water partition coefficient (Wildman–Crippen LogP) is 3.35. The quantitative estimate of drug-likeness (QED) is 0.793. The molecule has 0 radical (unpaired) electrons. The molecular weight excluding hydrogens is 316 g/mol. The van der Waals surface area contributed by atoms with Crippen LogP contribution in [0.5, 0.6) is 11.5 Å². The van der Waals surface area contributed by atoms with Crippen LogP contribution in [0.3, 0.4) is 0 Å². The summed E-state index contributed by atoms with van der Waals surface area (Å²) >= 11 is 0. The molecule has 1 atom stereocenters. The van der Waals surface area contributed by atoms with Crippen molar-refractivity contribution in [2.24, 2.45) is 0 Å². The molecule has 126 valence electrons. The lowest BCUT2D eigenvalue weighted by molar-refractivity contribution is 0.354. The Bertz CT molecular complexity index is 918. The number of benzene rings is 2. The summed E-state index contributed by atoms with van der Waals surface area (Å²) in [5.41, 5.74) is 3.14. The van der Waals surface area contributed by atoms with Gasteiger partial charge in [-0.2, -0.15) is 10.1 Å². The average Bonchev–Trinajstić information content (AvgIpc) is 3.16. The summed E-state index contributed by atoms with van der Waals surface area (Å²) in [4.78, 5) is 4.33. The molecule has 0 aliphatic carbocycles. The van der Waals surface area contributed by atoms with Gasteiger partial charge < -0.3 is 14.8 Å². The Morgan fingerprint density at radius 3 is 2.56 bits per heavy atom. The van der Waals surface area contributed by atoms with Crippen molar-refractivity contribution in [1.82, 2.24) is 14.8 Å². The second-order valence-corrected chi connectivity index (χ2v) is 5.66. The van der Waals surface area contributed by atoms with Crippen molar-refractivity contribution in [3.63, 3.8) is 0 Å². The Labute approximate surface area is 145 Å². The average molecular weight is 334 g/mol. The molecule has 0 amide bonds. The molecule has 0 spiro atoms. The van der Waals surface area contributed by atoms with E-state index in [4.69, 9.17) is 9.47 Å². The number of fused-ring (bicyclic) bond motifs is 1. The van der Waals surface area contributed by atoms with Gasteiger partial charge in [0.25, 0.3) is 0 Å². The van der Waals surface area contributed by atoms with Gasteiger partial charge in [-0.3, -0.25) is 0 Å². The van der Waals surface area contributed by atoms with Crippen LogP contribution in [0.1, 0.15) is 17.2 Å². The summed E-state index contributed by atoms with van der Waals surface area (Å²) in [6.07, 6.45) is 3.69. The van der Waals surface area contributed by atoms with E-state index < -0.39 is 0 Å². The van der Waals surface area contributed by atoms with Gasteiger partial charge in [-0.15, -0.1) is 0 Å². The fourth-order valence-electron chi connectivity index (χ4n) is 2.99. The maximum absolute atomic E-state index is 5.44. The van der Waals surface area contributed by atoms with Gasteiger partial charge in [0.2, 0.25) is 5.95 Å². The summed E-state index contributed by atoms with van der Waals surface area (Å²) in [5, 5.41) is 7.71. The van der Waals surface area contributed by atoms with E-state index >= 15 is 0 Å². The molecule has 4 rings (SSSR count). The highest BCUT2D eigenvalue weighted by molar-refractivity contribution is 5.77. The minimum Gasteiger partial charge on any atom is -0.493 e. The fraction of sp³-hybridized carbons (Fsp3) is 0.158. The van der Waals surface area contributed by atoms with Gasteiger partial charge in [-0.05, 0) is 29.3 Å². The van der Waals surface area contributed by atoms with E-state index in [1.165, 1.54) is 0 Å². The Morgan fingerprint density at radius 2 is 1.80 bits per heavy atom. The van der Waals surface area contributed by atoms with E-state index in [9.17, 15) is 0 Å². The number of methoxy groups -OCH3 is 2. The lowest BCUT2D eigenvalue weighted by atomic mass is 10.0. The van der Waals surface area contributed by atoms with Crippen LogP contribution in [-0.4, -0.2) is 29.0 Å². The Balaban J connectivity index is 1.81. The summed E-state index contributed by atoms with van der Waals surface area (Å²) in [5.74, 6) is 2.10. The highest BCUT2D eigenvalue weighted by atomic mass is 16.5. The van der Waals surface area contributed by atoms with Crippen LogP contribution in [0, 0.1) is 0 Å². The van der Waals surface area contributed by atoms with Crippen LogP contribution in [0.25, 0.3) is 5.70 Å². The van der Waals surface area contributed by atoms with Crippen molar-refractivity contribution >= 4 is 11.6 Å². The van der Waals surface area contributed by atoms with Crippen LogP contribution >= 0.6 is 0 Å². The van der Waals surface area contributed by atoms with E-state index in [0.717, 1.165) is 16.8 Å². The van der Waals surface area contributed by atoms with Crippen LogP contribution in [0.15, 0.2) is 60.9 Å². The van der Waals surface area contributed by atoms with Gasteiger partial charge in [0.05, 0.1) is 14.2 Å². The van der Waals surface area contributed by atoms with Crippen LogP contribution < -0.4 is 14.8 Å². The second kappa shape index (κ2) is 6.32. The number of aromatic nitrogens is 3. The molecule has 0 saturated heterocycles. The fourth-order valence-corrected chi connectivity index (χ4v) is 2.99. The molecule has 2 heterocycles. The minimum atomic E-state index is -0.0891. The van der Waals surface area contributed by atoms with E-state index in [1.54, 1.807) is 20.5 Å². The number of nitrogens with one attached hydrogen (secondary N) is 1. The highest BCUT2D eigenvalue weighted by Gasteiger charge is 2.24. The molecule has 25 heavy (non-hydrogen) atoms. The lowest BCUT2D eigenvalue weighted by Gasteiger charge is -2.25. The lowest BCUT2D eigenvalue weighted by Crippen LogP contribution is -2.20. The summed E-state index contributed by atoms with van der Waals surface area (Å²) in [6.45, 7) is 0. The number of nitrogens with zero attached hydrogens (tertiary/aromatic N) is 3. The molecule has 0 saturated carbocycles. The maximum atomic E-state index is 5.44. The van der Waals surface area contributed by atoms with E-state index in [0.29, 0.717) is 17.4 Å². The van der Waals surface area contributed by atoms with Crippen molar-refractivity contribution in [3.05, 3.63) is 72.1 Å². The molecular formula is C19H18N4O2. The highest BCUT2D eigenvalue weighted by Crippen LogP contribution is 2.36. The van der Waals surface area contributed by atoms with Crippen molar-refractivity contribution in [2.45, 2.75) is 6.04 Å². The van der Waals surface area contributed by atoms with Gasteiger partial charge in [0.1, 0.15) is 12.4 Å². The molecule has 0 bridgehead atoms. The van der Waals surface area contributed by atoms with Gasteiger partial charge in [0.15, 0.2) is 11.5 Å². The summed E-state index contributed by atoms with van der Waals surface area (Å²) in [6, 6.07) is 16.0. The third-order valence-corrected chi connectivity index (χ3v) is 4.24. The largest absolute Gasteiger partial charge is 0.493 e. The first-order valence-electron chi connectivity index (χ1n) is 7.96. The van der Waals surface area contributed by atoms with Crippen molar-refractivity contribution < 1.29 is 9.47 Å². The van der Waals surface area contributed by atoms with Gasteiger partial charge >= 0.3 is 0 Å². The van der Waals surface area contributed by atoms with Gasteiger partial charge in [-0.1, -0.05) is 36.4 Å². The molecule has 1 unspecified atom stereocenters. The van der Waals surface area contributed by atoms with Crippen LogP contribution in [0.4, 0.5) is 5.95 Å². The molecule has 1 aromatic heterocycles. The third kappa shape index (κ3) is 2.71. The number of ether oxygens (including phenoxy) is 2. The molecule has 1 aliphatic heterocycles. The Morgan fingerprint density at radius 1 is 1.00 bits per heavy atom. The van der Waals surface area contributed by atoms with E-state index in [2.05, 4.69) is 33.6 Å². The molecule has 2 aromatic carbocycles. The van der Waals surface area contributed by atoms with Gasteiger partial charge in [-0.25, -0.2) is 4.68 Å². The van der Waals surface area contributed by atoms with Crippen molar-refractivity contribution in [1.29, 1.82) is 0 Å². The normalized spacial score (nSPS) is 15.8. The van der Waals surface area contributed by atoms with Crippen LogP contribution in [-0.2, 0) is 0 Å². The second-order valence-electron chi connectivity index (χ2n) is 5.66. The van der Waals surface area contributed by atoms with Crippen molar-refractivity contribution in [2.75, 3.05) is 19.5 Å². The van der Waals surface area contributed by atoms with Crippen LogP contribution in [0.2, 0.25) is 0 Å². The summed E-state index contributed by atoms with van der Waals surface area (Å²) < 4.78 is 12.6. The zero-order valence-electron chi connectivity index (χ0n) is 14.0.